The summed E-state index contributed by atoms with van der Waals surface area (Å²) in [5.41, 5.74) is 0.857. The van der Waals surface area contributed by atoms with Crippen molar-refractivity contribution in [2.24, 2.45) is 5.92 Å². The van der Waals surface area contributed by atoms with Crippen LogP contribution >= 0.6 is 15.9 Å². The van der Waals surface area contributed by atoms with E-state index in [-0.39, 0.29) is 0 Å². The molecule has 0 aliphatic heterocycles. The van der Waals surface area contributed by atoms with Crippen molar-refractivity contribution in [3.8, 4) is 0 Å². The van der Waals surface area contributed by atoms with Crippen molar-refractivity contribution in [1.29, 1.82) is 0 Å². The molecule has 0 radical (unpaired) electrons. The zero-order valence-corrected chi connectivity index (χ0v) is 11.0. The first-order chi connectivity index (χ1) is 7.65. The highest BCUT2D eigenvalue weighted by molar-refractivity contribution is 9.10. The van der Waals surface area contributed by atoms with E-state index >= 15 is 0 Å². The van der Waals surface area contributed by atoms with Gasteiger partial charge in [-0.25, -0.2) is 4.52 Å². The van der Waals surface area contributed by atoms with Gasteiger partial charge in [-0.15, -0.1) is 5.10 Å². The second kappa shape index (κ2) is 4.82. The van der Waals surface area contributed by atoms with Crippen LogP contribution in [0.2, 0.25) is 0 Å². The molecule has 4 nitrogen and oxygen atoms in total. The average Bonchev–Trinajstić information content (AvgIpc) is 2.58. The number of nitrogens with one attached hydrogen (secondary N) is 1. The van der Waals surface area contributed by atoms with Crippen molar-refractivity contribution in [1.82, 2.24) is 14.6 Å². The summed E-state index contributed by atoms with van der Waals surface area (Å²) >= 11 is 3.40. The smallest absolute Gasteiger partial charge is 0.243 e. The highest BCUT2D eigenvalue weighted by Crippen LogP contribution is 2.12. The van der Waals surface area contributed by atoms with Gasteiger partial charge in [0.1, 0.15) is 0 Å². The Kier molecular flexibility index (Phi) is 3.43. The average molecular weight is 283 g/mol. The van der Waals surface area contributed by atoms with Crippen LogP contribution in [0.1, 0.15) is 20.3 Å². The first-order valence-corrected chi connectivity index (χ1v) is 6.20. The Bertz CT molecular complexity index is 478. The summed E-state index contributed by atoms with van der Waals surface area (Å²) in [5.74, 6) is 1.39. The number of hydrogen-bond donors (Lipinski definition) is 1. The third-order valence-electron chi connectivity index (χ3n) is 2.30. The van der Waals surface area contributed by atoms with Gasteiger partial charge in [0, 0.05) is 17.2 Å². The van der Waals surface area contributed by atoms with E-state index in [0.29, 0.717) is 11.9 Å². The second-order valence-electron chi connectivity index (χ2n) is 4.19. The summed E-state index contributed by atoms with van der Waals surface area (Å²) < 4.78 is 2.76. The summed E-state index contributed by atoms with van der Waals surface area (Å²) in [4.78, 5) is 4.37. The molecule has 0 saturated heterocycles. The lowest BCUT2D eigenvalue weighted by Gasteiger charge is -2.03. The molecule has 2 rings (SSSR count). The van der Waals surface area contributed by atoms with Crippen LogP contribution in [0.15, 0.2) is 22.8 Å². The number of aromatic nitrogens is 3. The van der Waals surface area contributed by atoms with E-state index in [0.717, 1.165) is 23.1 Å². The molecule has 0 aliphatic carbocycles. The lowest BCUT2D eigenvalue weighted by atomic mass is 10.1. The molecule has 0 spiro atoms. The van der Waals surface area contributed by atoms with Gasteiger partial charge in [-0.3, -0.25) is 0 Å². The molecule has 2 heterocycles. The first kappa shape index (κ1) is 11.4. The first-order valence-electron chi connectivity index (χ1n) is 5.41. The normalized spacial score (nSPS) is 11.2. The molecular formula is C11H15BrN4. The Morgan fingerprint density at radius 3 is 3.00 bits per heavy atom. The van der Waals surface area contributed by atoms with Gasteiger partial charge in [-0.1, -0.05) is 13.8 Å². The molecule has 0 saturated carbocycles. The number of hydrogen-bond acceptors (Lipinski definition) is 3. The fourth-order valence-corrected chi connectivity index (χ4v) is 1.73. The zero-order chi connectivity index (χ0) is 11.5. The van der Waals surface area contributed by atoms with Crippen LogP contribution in [0.4, 0.5) is 5.95 Å². The van der Waals surface area contributed by atoms with Crippen LogP contribution in [-0.4, -0.2) is 21.1 Å². The van der Waals surface area contributed by atoms with Crippen molar-refractivity contribution in [2.45, 2.75) is 20.3 Å². The summed E-state index contributed by atoms with van der Waals surface area (Å²) in [6.07, 6.45) is 3.02. The standard InChI is InChI=1S/C11H15BrN4/c1-8(2)5-6-13-11-14-10-4-3-9(12)7-16(10)15-11/h3-4,7-8H,5-6H2,1-2H3,(H,13,15). The van der Waals surface area contributed by atoms with Crippen LogP contribution in [0.3, 0.4) is 0 Å². The van der Waals surface area contributed by atoms with Gasteiger partial charge in [0.05, 0.1) is 0 Å². The molecule has 0 unspecified atom stereocenters. The van der Waals surface area contributed by atoms with Crippen LogP contribution in [0, 0.1) is 5.92 Å². The van der Waals surface area contributed by atoms with Gasteiger partial charge < -0.3 is 5.32 Å². The van der Waals surface area contributed by atoms with Crippen LogP contribution < -0.4 is 5.32 Å². The highest BCUT2D eigenvalue weighted by atomic mass is 79.9. The SMILES string of the molecule is CC(C)CCNc1nc2ccc(Br)cn2n1. The summed E-state index contributed by atoms with van der Waals surface area (Å²) in [6.45, 7) is 5.32. The third kappa shape index (κ3) is 2.72. The Morgan fingerprint density at radius 2 is 2.25 bits per heavy atom. The quantitative estimate of drug-likeness (QED) is 0.938. The molecule has 0 fully saturated rings. The van der Waals surface area contributed by atoms with Gasteiger partial charge >= 0.3 is 0 Å². The molecule has 0 aliphatic rings. The topological polar surface area (TPSA) is 42.2 Å². The lowest BCUT2D eigenvalue weighted by Crippen LogP contribution is -2.05. The molecule has 0 atom stereocenters. The van der Waals surface area contributed by atoms with Gasteiger partial charge in [0.25, 0.3) is 0 Å². The van der Waals surface area contributed by atoms with Crippen molar-refractivity contribution in [3.05, 3.63) is 22.8 Å². The molecular weight excluding hydrogens is 268 g/mol. The fourth-order valence-electron chi connectivity index (χ4n) is 1.41. The summed E-state index contributed by atoms with van der Waals surface area (Å²) in [7, 11) is 0. The third-order valence-corrected chi connectivity index (χ3v) is 2.77. The van der Waals surface area contributed by atoms with E-state index < -0.39 is 0 Å². The van der Waals surface area contributed by atoms with Gasteiger partial charge in [0.2, 0.25) is 5.95 Å². The van der Waals surface area contributed by atoms with Crippen molar-refractivity contribution in [3.63, 3.8) is 0 Å². The van der Waals surface area contributed by atoms with Gasteiger partial charge in [0.15, 0.2) is 5.65 Å². The molecule has 86 valence electrons. The minimum Gasteiger partial charge on any atom is -0.353 e. The predicted octanol–water partition coefficient (Wildman–Crippen LogP) is 2.95. The van der Waals surface area contributed by atoms with Crippen molar-refractivity contribution >= 4 is 27.5 Å². The number of fused-ring (bicyclic) bond motifs is 1. The minimum absolute atomic E-state index is 0.693. The molecule has 1 N–H and O–H groups in total. The predicted molar refractivity (Wildman–Crippen MR) is 68.6 cm³/mol. The molecule has 16 heavy (non-hydrogen) atoms. The molecule has 5 heteroatoms. The molecule has 0 aromatic carbocycles. The van der Waals surface area contributed by atoms with Crippen LogP contribution in [-0.2, 0) is 0 Å². The van der Waals surface area contributed by atoms with Crippen molar-refractivity contribution < 1.29 is 0 Å². The molecule has 2 aromatic heterocycles. The number of anilines is 1. The largest absolute Gasteiger partial charge is 0.353 e. The number of nitrogens with zero attached hydrogens (tertiary/aromatic N) is 3. The van der Waals surface area contributed by atoms with Crippen molar-refractivity contribution in [2.75, 3.05) is 11.9 Å². The summed E-state index contributed by atoms with van der Waals surface area (Å²) in [6, 6.07) is 3.90. The van der Waals surface area contributed by atoms with E-state index in [4.69, 9.17) is 0 Å². The number of halogens is 1. The van der Waals surface area contributed by atoms with E-state index in [9.17, 15) is 0 Å². The fraction of sp³-hybridized carbons (Fsp3) is 0.455. The van der Waals surface area contributed by atoms with Crippen LogP contribution in [0.25, 0.3) is 5.65 Å². The van der Waals surface area contributed by atoms with E-state index in [1.165, 1.54) is 0 Å². The van der Waals surface area contributed by atoms with E-state index in [2.05, 4.69) is 45.2 Å². The van der Waals surface area contributed by atoms with Gasteiger partial charge in [-0.2, -0.15) is 4.98 Å². The Hall–Kier alpha value is -1.10. The second-order valence-corrected chi connectivity index (χ2v) is 5.11. The maximum Gasteiger partial charge on any atom is 0.243 e. The molecule has 0 bridgehead atoms. The molecule has 0 amide bonds. The lowest BCUT2D eigenvalue weighted by molar-refractivity contribution is 0.606. The van der Waals surface area contributed by atoms with E-state index in [1.54, 1.807) is 4.52 Å². The Morgan fingerprint density at radius 1 is 1.44 bits per heavy atom. The zero-order valence-electron chi connectivity index (χ0n) is 9.44. The highest BCUT2D eigenvalue weighted by Gasteiger charge is 2.03. The Labute approximate surface area is 103 Å². The Balaban J connectivity index is 2.08. The summed E-state index contributed by atoms with van der Waals surface area (Å²) in [5, 5.41) is 7.56. The van der Waals surface area contributed by atoms with E-state index in [1.807, 2.05) is 18.3 Å². The van der Waals surface area contributed by atoms with Crippen LogP contribution in [0.5, 0.6) is 0 Å². The monoisotopic (exact) mass is 282 g/mol. The maximum absolute atomic E-state index is 4.37. The maximum atomic E-state index is 4.37. The number of rotatable bonds is 4. The van der Waals surface area contributed by atoms with Gasteiger partial charge in [-0.05, 0) is 40.4 Å². The number of pyridine rings is 1. The molecule has 2 aromatic rings. The minimum atomic E-state index is 0.693.